The van der Waals surface area contributed by atoms with Crippen molar-refractivity contribution in [1.82, 2.24) is 10.2 Å². The Balaban J connectivity index is 1.31. The molecule has 5 rings (SSSR count). The molecule has 32 heavy (non-hydrogen) atoms. The Morgan fingerprint density at radius 3 is 2.78 bits per heavy atom. The van der Waals surface area contributed by atoms with Crippen LogP contribution < -0.4 is 5.32 Å². The number of fused-ring (bicyclic) bond motifs is 2. The lowest BCUT2D eigenvalue weighted by molar-refractivity contribution is -0.127. The van der Waals surface area contributed by atoms with Crippen molar-refractivity contribution in [2.24, 2.45) is 5.92 Å². The third kappa shape index (κ3) is 4.11. The van der Waals surface area contributed by atoms with Crippen LogP contribution in [0.4, 0.5) is 4.39 Å². The van der Waals surface area contributed by atoms with E-state index < -0.39 is 0 Å². The molecule has 3 aromatic carbocycles. The van der Waals surface area contributed by atoms with Gasteiger partial charge in [0.15, 0.2) is 0 Å². The molecular formula is C26H25FN2O2S. The van der Waals surface area contributed by atoms with Crippen LogP contribution in [0.1, 0.15) is 41.2 Å². The zero-order valence-electron chi connectivity index (χ0n) is 17.7. The van der Waals surface area contributed by atoms with Crippen LogP contribution in [0.25, 0.3) is 10.8 Å². The normalized spacial score (nSPS) is 20.6. The number of nitrogens with one attached hydrogen (secondary N) is 1. The van der Waals surface area contributed by atoms with Crippen molar-refractivity contribution in [3.8, 4) is 0 Å². The summed E-state index contributed by atoms with van der Waals surface area (Å²) < 4.78 is 13.8. The second-order valence-corrected chi connectivity index (χ2v) is 9.63. The SMILES string of the molecule is O=C(NC1CCSc2ccc(F)cc21)C1CCCN(C(=O)c2cccc3ccccc23)C1. The summed E-state index contributed by atoms with van der Waals surface area (Å²) >= 11 is 1.70. The third-order valence-electron chi connectivity index (χ3n) is 6.43. The summed E-state index contributed by atoms with van der Waals surface area (Å²) in [6.45, 7) is 1.06. The van der Waals surface area contributed by atoms with E-state index in [1.165, 1.54) is 12.1 Å². The number of likely N-dealkylation sites (tertiary alicyclic amines) is 1. The maximum Gasteiger partial charge on any atom is 0.254 e. The first-order chi connectivity index (χ1) is 15.6. The molecule has 2 aliphatic heterocycles. The topological polar surface area (TPSA) is 49.4 Å². The number of halogens is 1. The summed E-state index contributed by atoms with van der Waals surface area (Å²) in [7, 11) is 0. The maximum absolute atomic E-state index is 13.8. The maximum atomic E-state index is 13.8. The molecule has 2 aliphatic rings. The minimum Gasteiger partial charge on any atom is -0.349 e. The summed E-state index contributed by atoms with van der Waals surface area (Å²) in [5.74, 6) is 0.275. The molecular weight excluding hydrogens is 423 g/mol. The fraction of sp³-hybridized carbons (Fsp3) is 0.308. The van der Waals surface area contributed by atoms with Crippen LogP contribution in [0.3, 0.4) is 0 Å². The van der Waals surface area contributed by atoms with Gasteiger partial charge in [0, 0.05) is 29.3 Å². The third-order valence-corrected chi connectivity index (χ3v) is 7.55. The number of carbonyl (C=O) groups is 2. The van der Waals surface area contributed by atoms with E-state index in [0.29, 0.717) is 18.7 Å². The van der Waals surface area contributed by atoms with E-state index in [4.69, 9.17) is 0 Å². The van der Waals surface area contributed by atoms with E-state index in [2.05, 4.69) is 5.32 Å². The number of hydrogen-bond donors (Lipinski definition) is 1. The van der Waals surface area contributed by atoms with Crippen LogP contribution >= 0.6 is 11.8 Å². The van der Waals surface area contributed by atoms with Crippen molar-refractivity contribution < 1.29 is 14.0 Å². The van der Waals surface area contributed by atoms with Crippen LogP contribution in [0.5, 0.6) is 0 Å². The molecule has 1 fully saturated rings. The van der Waals surface area contributed by atoms with Crippen molar-refractivity contribution in [1.29, 1.82) is 0 Å². The Bertz CT molecular complexity index is 1180. The number of hydrogen-bond acceptors (Lipinski definition) is 3. The molecule has 0 saturated carbocycles. The first-order valence-electron chi connectivity index (χ1n) is 11.1. The predicted molar refractivity (Wildman–Crippen MR) is 125 cm³/mol. The monoisotopic (exact) mass is 448 g/mol. The zero-order chi connectivity index (χ0) is 22.1. The number of amides is 2. The molecule has 0 radical (unpaired) electrons. The Hall–Kier alpha value is -2.86. The number of nitrogens with zero attached hydrogens (tertiary/aromatic N) is 1. The highest BCUT2D eigenvalue weighted by atomic mass is 32.2. The van der Waals surface area contributed by atoms with Crippen LogP contribution in [0.15, 0.2) is 65.6 Å². The minimum atomic E-state index is -0.282. The number of thioether (sulfide) groups is 1. The number of piperidine rings is 1. The average molecular weight is 449 g/mol. The van der Waals surface area contributed by atoms with Gasteiger partial charge < -0.3 is 10.2 Å². The van der Waals surface area contributed by atoms with Gasteiger partial charge in [-0.2, -0.15) is 0 Å². The van der Waals surface area contributed by atoms with Crippen molar-refractivity contribution in [3.05, 3.63) is 77.6 Å². The van der Waals surface area contributed by atoms with Crippen molar-refractivity contribution in [3.63, 3.8) is 0 Å². The molecule has 0 spiro atoms. The van der Waals surface area contributed by atoms with E-state index >= 15 is 0 Å². The summed E-state index contributed by atoms with van der Waals surface area (Å²) in [5, 5.41) is 5.11. The first kappa shape index (κ1) is 21.0. The first-order valence-corrected chi connectivity index (χ1v) is 12.1. The van der Waals surface area contributed by atoms with Crippen LogP contribution in [0, 0.1) is 11.7 Å². The zero-order valence-corrected chi connectivity index (χ0v) is 18.5. The molecule has 2 unspecified atom stereocenters. The molecule has 1 N–H and O–H groups in total. The molecule has 164 valence electrons. The van der Waals surface area contributed by atoms with Gasteiger partial charge in [-0.3, -0.25) is 9.59 Å². The van der Waals surface area contributed by atoms with E-state index in [-0.39, 0.29) is 29.6 Å². The second kappa shape index (κ2) is 8.94. The van der Waals surface area contributed by atoms with Crippen LogP contribution in [-0.4, -0.2) is 35.6 Å². The van der Waals surface area contributed by atoms with E-state index in [1.54, 1.807) is 22.7 Å². The van der Waals surface area contributed by atoms with Crippen molar-refractivity contribution >= 4 is 34.3 Å². The highest BCUT2D eigenvalue weighted by molar-refractivity contribution is 7.99. The van der Waals surface area contributed by atoms with E-state index in [9.17, 15) is 14.0 Å². The van der Waals surface area contributed by atoms with E-state index in [1.807, 2.05) is 42.5 Å². The van der Waals surface area contributed by atoms with Gasteiger partial charge in [-0.1, -0.05) is 36.4 Å². The lowest BCUT2D eigenvalue weighted by atomic mass is 9.94. The molecule has 1 saturated heterocycles. The van der Waals surface area contributed by atoms with Gasteiger partial charge in [0.2, 0.25) is 5.91 Å². The van der Waals surface area contributed by atoms with Gasteiger partial charge in [0.1, 0.15) is 5.82 Å². The quantitative estimate of drug-likeness (QED) is 0.600. The highest BCUT2D eigenvalue weighted by Gasteiger charge is 2.32. The van der Waals surface area contributed by atoms with Gasteiger partial charge in [0.05, 0.1) is 12.0 Å². The van der Waals surface area contributed by atoms with Crippen molar-refractivity contribution in [2.45, 2.75) is 30.2 Å². The Labute approximate surface area is 191 Å². The summed E-state index contributed by atoms with van der Waals surface area (Å²) in [6.07, 6.45) is 2.32. The number of rotatable bonds is 3. The van der Waals surface area contributed by atoms with Crippen LogP contribution in [0.2, 0.25) is 0 Å². The molecule has 2 atom stereocenters. The molecule has 0 aromatic heterocycles. The average Bonchev–Trinajstić information content (AvgIpc) is 2.83. The summed E-state index contributed by atoms with van der Waals surface area (Å²) in [4.78, 5) is 29.3. The number of carbonyl (C=O) groups excluding carboxylic acids is 2. The lowest BCUT2D eigenvalue weighted by Crippen LogP contribution is -2.46. The largest absolute Gasteiger partial charge is 0.349 e. The van der Waals surface area contributed by atoms with Gasteiger partial charge in [-0.05, 0) is 59.9 Å². The molecule has 6 heteroatoms. The Kier molecular flexibility index (Phi) is 5.87. The fourth-order valence-electron chi connectivity index (χ4n) is 4.76. The lowest BCUT2D eigenvalue weighted by Gasteiger charge is -2.34. The van der Waals surface area contributed by atoms with Crippen molar-refractivity contribution in [2.75, 3.05) is 18.8 Å². The Morgan fingerprint density at radius 1 is 1.03 bits per heavy atom. The van der Waals surface area contributed by atoms with Gasteiger partial charge in [-0.25, -0.2) is 4.39 Å². The molecule has 0 bridgehead atoms. The predicted octanol–water partition coefficient (Wildman–Crippen LogP) is 5.18. The van der Waals surface area contributed by atoms with Gasteiger partial charge in [0.25, 0.3) is 5.91 Å². The molecule has 3 aromatic rings. The van der Waals surface area contributed by atoms with Gasteiger partial charge in [-0.15, -0.1) is 11.8 Å². The molecule has 0 aliphatic carbocycles. The van der Waals surface area contributed by atoms with E-state index in [0.717, 1.165) is 46.2 Å². The fourth-order valence-corrected chi connectivity index (χ4v) is 5.87. The minimum absolute atomic E-state index is 0.0271. The molecule has 2 amide bonds. The molecule has 4 nitrogen and oxygen atoms in total. The Morgan fingerprint density at radius 2 is 1.88 bits per heavy atom. The standard InChI is InChI=1S/C26H25FN2O2S/c27-19-10-11-24-22(15-19)23(12-14-32-24)28-25(30)18-7-4-13-29(16-18)26(31)21-9-3-6-17-5-1-2-8-20(17)21/h1-3,5-6,8-11,15,18,23H,4,7,12-14,16H2,(H,28,30). The van der Waals surface area contributed by atoms with Crippen LogP contribution in [-0.2, 0) is 4.79 Å². The van der Waals surface area contributed by atoms with Gasteiger partial charge >= 0.3 is 0 Å². The number of benzene rings is 3. The molecule has 2 heterocycles. The summed E-state index contributed by atoms with van der Waals surface area (Å²) in [6, 6.07) is 18.2. The summed E-state index contributed by atoms with van der Waals surface area (Å²) in [5.41, 5.74) is 1.53. The second-order valence-electron chi connectivity index (χ2n) is 8.50. The smallest absolute Gasteiger partial charge is 0.254 e. The highest BCUT2D eigenvalue weighted by Crippen LogP contribution is 2.37.